The number of rotatable bonds is 5. The maximum absolute atomic E-state index is 13.4. The molecule has 0 radical (unpaired) electrons. The van der Waals surface area contributed by atoms with E-state index in [1.54, 1.807) is 7.11 Å². The van der Waals surface area contributed by atoms with Gasteiger partial charge in [0, 0.05) is 23.1 Å². The number of benzene rings is 3. The maximum atomic E-state index is 13.4. The second-order valence-electron chi connectivity index (χ2n) is 6.88. The number of halogens is 2. The molecule has 0 saturated heterocycles. The van der Waals surface area contributed by atoms with E-state index in [9.17, 15) is 4.79 Å². The van der Waals surface area contributed by atoms with Gasteiger partial charge in [-0.25, -0.2) is 0 Å². The molecule has 0 fully saturated rings. The van der Waals surface area contributed by atoms with Gasteiger partial charge in [-0.15, -0.1) is 0 Å². The predicted octanol–water partition coefficient (Wildman–Crippen LogP) is 5.96. The van der Waals surface area contributed by atoms with Gasteiger partial charge in [0.05, 0.1) is 12.7 Å². The second kappa shape index (κ2) is 8.32. The second-order valence-corrected chi connectivity index (χ2v) is 7.75. The molecule has 0 atom stereocenters. The van der Waals surface area contributed by atoms with Crippen LogP contribution in [0.3, 0.4) is 0 Å². The van der Waals surface area contributed by atoms with Crippen molar-refractivity contribution in [2.24, 2.45) is 0 Å². The van der Waals surface area contributed by atoms with Gasteiger partial charge < -0.3 is 9.64 Å². The van der Waals surface area contributed by atoms with Gasteiger partial charge in [0.15, 0.2) is 0 Å². The lowest BCUT2D eigenvalue weighted by Gasteiger charge is -2.17. The monoisotopic (exact) mass is 423 g/mol. The van der Waals surface area contributed by atoms with Crippen molar-refractivity contribution in [1.29, 1.82) is 0 Å². The van der Waals surface area contributed by atoms with Gasteiger partial charge in [-0.2, -0.15) is 0 Å². The Morgan fingerprint density at radius 3 is 1.93 bits per heavy atom. The number of amides is 1. The molecule has 1 amide bonds. The predicted molar refractivity (Wildman–Crippen MR) is 118 cm³/mol. The van der Waals surface area contributed by atoms with E-state index in [4.69, 9.17) is 27.9 Å². The molecule has 3 nitrogen and oxygen atoms in total. The van der Waals surface area contributed by atoms with Crippen molar-refractivity contribution in [3.8, 4) is 5.75 Å². The highest BCUT2D eigenvalue weighted by Gasteiger charge is 2.31. The minimum Gasteiger partial charge on any atom is -0.497 e. The Balaban J connectivity index is 1.69. The molecule has 0 saturated carbocycles. The molecule has 4 rings (SSSR count). The first-order chi connectivity index (χ1) is 14.0. The van der Waals surface area contributed by atoms with Crippen LogP contribution < -0.4 is 4.74 Å². The Kier molecular flexibility index (Phi) is 5.61. The molecular formula is C24H19Cl2NO2. The van der Waals surface area contributed by atoms with E-state index in [2.05, 4.69) is 0 Å². The van der Waals surface area contributed by atoms with Crippen molar-refractivity contribution in [2.45, 2.75) is 6.54 Å². The third-order valence-corrected chi connectivity index (χ3v) is 5.51. The molecule has 0 spiro atoms. The molecule has 0 aromatic heterocycles. The standard InChI is InChI=1S/C24H19Cl2NO2/c1-29-21-12-2-16(3-13-21)14-27-15-22(17-4-8-19(25)9-5-17)23(24(27)28)18-6-10-20(26)11-7-18/h2-13H,14-15H2,1H3. The van der Waals surface area contributed by atoms with Crippen LogP contribution in [0.5, 0.6) is 5.75 Å². The van der Waals surface area contributed by atoms with Crippen molar-refractivity contribution in [2.75, 3.05) is 13.7 Å². The van der Waals surface area contributed by atoms with E-state index >= 15 is 0 Å². The van der Waals surface area contributed by atoms with Crippen LogP contribution in [0.4, 0.5) is 0 Å². The Morgan fingerprint density at radius 2 is 1.38 bits per heavy atom. The van der Waals surface area contributed by atoms with E-state index in [1.165, 1.54) is 0 Å². The van der Waals surface area contributed by atoms with E-state index in [0.29, 0.717) is 28.7 Å². The summed E-state index contributed by atoms with van der Waals surface area (Å²) in [4.78, 5) is 15.2. The summed E-state index contributed by atoms with van der Waals surface area (Å²) in [6.45, 7) is 1.06. The number of hydrogen-bond donors (Lipinski definition) is 0. The third kappa shape index (κ3) is 4.16. The fourth-order valence-corrected chi connectivity index (χ4v) is 3.76. The molecular weight excluding hydrogens is 405 g/mol. The molecule has 0 bridgehead atoms. The summed E-state index contributed by atoms with van der Waals surface area (Å²) in [6.07, 6.45) is 0. The quantitative estimate of drug-likeness (QED) is 0.506. The van der Waals surface area contributed by atoms with Crippen LogP contribution in [0.25, 0.3) is 11.1 Å². The molecule has 3 aromatic carbocycles. The Hall–Kier alpha value is -2.75. The lowest BCUT2D eigenvalue weighted by atomic mass is 9.97. The summed E-state index contributed by atoms with van der Waals surface area (Å²) < 4.78 is 5.22. The van der Waals surface area contributed by atoms with Crippen LogP contribution in [-0.2, 0) is 11.3 Å². The molecule has 0 unspecified atom stereocenters. The molecule has 5 heteroatoms. The zero-order valence-corrected chi connectivity index (χ0v) is 17.4. The maximum Gasteiger partial charge on any atom is 0.255 e. The topological polar surface area (TPSA) is 29.5 Å². The molecule has 0 N–H and O–H groups in total. The Bertz CT molecular complexity index is 1060. The molecule has 0 aliphatic carbocycles. The van der Waals surface area contributed by atoms with Crippen LogP contribution in [0.15, 0.2) is 72.8 Å². The van der Waals surface area contributed by atoms with Gasteiger partial charge in [0.2, 0.25) is 0 Å². The number of methoxy groups -OCH3 is 1. The number of hydrogen-bond acceptors (Lipinski definition) is 2. The number of carbonyl (C=O) groups excluding carboxylic acids is 1. The Labute approximate surface area is 180 Å². The normalized spacial score (nSPS) is 13.9. The van der Waals surface area contributed by atoms with Crippen LogP contribution in [-0.4, -0.2) is 24.5 Å². The fourth-order valence-electron chi connectivity index (χ4n) is 3.51. The van der Waals surface area contributed by atoms with E-state index in [1.807, 2.05) is 77.7 Å². The first kappa shape index (κ1) is 19.6. The van der Waals surface area contributed by atoms with Gasteiger partial charge >= 0.3 is 0 Å². The SMILES string of the molecule is COc1ccc(CN2CC(c3ccc(Cl)cc3)=C(c3ccc(Cl)cc3)C2=O)cc1. The highest BCUT2D eigenvalue weighted by atomic mass is 35.5. The molecule has 1 aliphatic rings. The molecule has 29 heavy (non-hydrogen) atoms. The van der Waals surface area contributed by atoms with Gasteiger partial charge in [-0.05, 0) is 58.7 Å². The van der Waals surface area contributed by atoms with Crippen molar-refractivity contribution in [3.63, 3.8) is 0 Å². The zero-order valence-electron chi connectivity index (χ0n) is 15.9. The van der Waals surface area contributed by atoms with E-state index in [0.717, 1.165) is 28.0 Å². The fraction of sp³-hybridized carbons (Fsp3) is 0.125. The number of ether oxygens (including phenoxy) is 1. The summed E-state index contributed by atoms with van der Waals surface area (Å²) in [5, 5.41) is 1.31. The van der Waals surface area contributed by atoms with Crippen molar-refractivity contribution in [1.82, 2.24) is 4.90 Å². The van der Waals surface area contributed by atoms with Crippen LogP contribution in [0.1, 0.15) is 16.7 Å². The minimum atomic E-state index is 0.00749. The van der Waals surface area contributed by atoms with Crippen molar-refractivity contribution < 1.29 is 9.53 Å². The van der Waals surface area contributed by atoms with Crippen LogP contribution in [0.2, 0.25) is 10.0 Å². The molecule has 3 aromatic rings. The van der Waals surface area contributed by atoms with E-state index in [-0.39, 0.29) is 5.91 Å². The average Bonchev–Trinajstić information content (AvgIpc) is 3.06. The van der Waals surface area contributed by atoms with Crippen molar-refractivity contribution in [3.05, 3.63) is 99.5 Å². The highest BCUT2D eigenvalue weighted by Crippen LogP contribution is 2.36. The summed E-state index contributed by atoms with van der Waals surface area (Å²) in [5.74, 6) is 0.802. The first-order valence-electron chi connectivity index (χ1n) is 9.22. The van der Waals surface area contributed by atoms with Gasteiger partial charge in [0.1, 0.15) is 5.75 Å². The van der Waals surface area contributed by atoms with Crippen molar-refractivity contribution >= 4 is 40.3 Å². The summed E-state index contributed by atoms with van der Waals surface area (Å²) in [7, 11) is 1.64. The smallest absolute Gasteiger partial charge is 0.255 e. The molecule has 1 heterocycles. The lowest BCUT2D eigenvalue weighted by Crippen LogP contribution is -2.26. The molecule has 146 valence electrons. The zero-order chi connectivity index (χ0) is 20.4. The summed E-state index contributed by atoms with van der Waals surface area (Å²) >= 11 is 12.1. The average molecular weight is 424 g/mol. The van der Waals surface area contributed by atoms with Gasteiger partial charge in [-0.1, -0.05) is 59.6 Å². The summed E-state index contributed by atoms with van der Waals surface area (Å²) in [6, 6.07) is 22.8. The van der Waals surface area contributed by atoms with Gasteiger partial charge in [0.25, 0.3) is 5.91 Å². The number of nitrogens with zero attached hydrogens (tertiary/aromatic N) is 1. The third-order valence-electron chi connectivity index (χ3n) is 5.01. The lowest BCUT2D eigenvalue weighted by molar-refractivity contribution is -0.124. The largest absolute Gasteiger partial charge is 0.497 e. The summed E-state index contributed by atoms with van der Waals surface area (Å²) in [5.41, 5.74) is 4.60. The van der Waals surface area contributed by atoms with E-state index < -0.39 is 0 Å². The first-order valence-corrected chi connectivity index (χ1v) is 9.98. The van der Waals surface area contributed by atoms with Gasteiger partial charge in [-0.3, -0.25) is 4.79 Å². The number of carbonyl (C=O) groups is 1. The molecule has 1 aliphatic heterocycles. The highest BCUT2D eigenvalue weighted by molar-refractivity contribution is 6.32. The van der Waals surface area contributed by atoms with Crippen LogP contribution in [0, 0.1) is 0 Å². The Morgan fingerprint density at radius 1 is 0.828 bits per heavy atom. The van der Waals surface area contributed by atoms with Crippen LogP contribution >= 0.6 is 23.2 Å². The minimum absolute atomic E-state index is 0.00749.